The van der Waals surface area contributed by atoms with Crippen LogP contribution in [0.15, 0.2) is 24.3 Å². The lowest BCUT2D eigenvalue weighted by molar-refractivity contribution is 0.116. The maximum absolute atomic E-state index is 11.7. The molecule has 0 bridgehead atoms. The first kappa shape index (κ1) is 19.1. The second-order valence-electron chi connectivity index (χ2n) is 5.47. The van der Waals surface area contributed by atoms with E-state index < -0.39 is 12.2 Å². The van der Waals surface area contributed by atoms with Crippen LogP contribution in [0.1, 0.15) is 27.2 Å². The van der Waals surface area contributed by atoms with E-state index in [4.69, 9.17) is 21.1 Å². The maximum atomic E-state index is 11.7. The van der Waals surface area contributed by atoms with Crippen molar-refractivity contribution in [2.24, 2.45) is 5.92 Å². The number of carbonyl (C=O) groups excluding carboxylic acids is 2. The van der Waals surface area contributed by atoms with Gasteiger partial charge < -0.3 is 14.8 Å². The smallest absolute Gasteiger partial charge is 0.411 e. The summed E-state index contributed by atoms with van der Waals surface area (Å²) in [7, 11) is 0. The van der Waals surface area contributed by atoms with Crippen LogP contribution in [-0.2, 0) is 9.47 Å². The highest BCUT2D eigenvalue weighted by Gasteiger charge is 2.14. The van der Waals surface area contributed by atoms with E-state index in [1.54, 1.807) is 24.3 Å². The minimum absolute atomic E-state index is 0.0622. The molecule has 0 radical (unpaired) electrons. The fourth-order valence-electron chi connectivity index (χ4n) is 1.58. The van der Waals surface area contributed by atoms with Crippen molar-refractivity contribution in [1.82, 2.24) is 5.32 Å². The first-order chi connectivity index (χ1) is 10.9. The van der Waals surface area contributed by atoms with Crippen molar-refractivity contribution in [3.8, 4) is 0 Å². The molecule has 0 saturated carbocycles. The first-order valence-electron chi connectivity index (χ1n) is 7.53. The predicted octanol–water partition coefficient (Wildman–Crippen LogP) is 4.05. The second kappa shape index (κ2) is 9.94. The minimum Gasteiger partial charge on any atom is -0.449 e. The molecule has 0 heterocycles. The van der Waals surface area contributed by atoms with Gasteiger partial charge in [-0.25, -0.2) is 9.59 Å². The van der Waals surface area contributed by atoms with E-state index in [0.717, 1.165) is 0 Å². The third-order valence-corrected chi connectivity index (χ3v) is 3.12. The van der Waals surface area contributed by atoms with Crippen LogP contribution >= 0.6 is 11.6 Å². The lowest BCUT2D eigenvalue weighted by Crippen LogP contribution is -2.39. The molecular weight excluding hydrogens is 320 g/mol. The van der Waals surface area contributed by atoms with Crippen LogP contribution in [0.25, 0.3) is 0 Å². The van der Waals surface area contributed by atoms with Crippen molar-refractivity contribution >= 4 is 29.5 Å². The van der Waals surface area contributed by atoms with Crippen LogP contribution in [0.3, 0.4) is 0 Å². The van der Waals surface area contributed by atoms with Gasteiger partial charge in [0.15, 0.2) is 0 Å². The Morgan fingerprint density at radius 3 is 2.26 bits per heavy atom. The van der Waals surface area contributed by atoms with Gasteiger partial charge in [0.1, 0.15) is 6.61 Å². The number of halogens is 1. The molecule has 1 atom stereocenters. The Morgan fingerprint density at radius 2 is 1.70 bits per heavy atom. The average molecular weight is 343 g/mol. The number of ether oxygens (including phenoxy) is 2. The molecule has 7 heteroatoms. The molecule has 0 saturated heterocycles. The highest BCUT2D eigenvalue weighted by atomic mass is 35.5. The molecule has 0 aliphatic carbocycles. The Balaban J connectivity index is 2.34. The molecule has 6 nitrogen and oxygen atoms in total. The minimum atomic E-state index is -0.594. The van der Waals surface area contributed by atoms with Crippen LogP contribution in [0.2, 0.25) is 5.02 Å². The molecule has 0 aromatic heterocycles. The summed E-state index contributed by atoms with van der Waals surface area (Å²) >= 11 is 5.77. The Labute approximate surface area is 141 Å². The van der Waals surface area contributed by atoms with E-state index in [2.05, 4.69) is 10.6 Å². The molecule has 0 spiro atoms. The molecule has 2 amide bonds. The summed E-state index contributed by atoms with van der Waals surface area (Å²) in [5.74, 6) is 0.266. The van der Waals surface area contributed by atoms with Crippen molar-refractivity contribution < 1.29 is 19.1 Å². The van der Waals surface area contributed by atoms with Gasteiger partial charge >= 0.3 is 12.2 Å². The Bertz CT molecular complexity index is 505. The van der Waals surface area contributed by atoms with Gasteiger partial charge in [0.05, 0.1) is 12.6 Å². The lowest BCUT2D eigenvalue weighted by Gasteiger charge is -2.17. The zero-order valence-electron chi connectivity index (χ0n) is 13.6. The normalized spacial score (nSPS) is 11.7. The molecule has 1 rings (SSSR count). The van der Waals surface area contributed by atoms with Gasteiger partial charge in [-0.05, 0) is 36.6 Å². The number of nitrogens with one attached hydrogen (secondary N) is 2. The molecule has 2 N–H and O–H groups in total. The SMILES string of the molecule is CC[C@@H](COC(=O)Nc1ccc(Cl)cc1)NC(=O)OCC(C)C. The summed E-state index contributed by atoms with van der Waals surface area (Å²) in [6, 6.07) is 6.37. The van der Waals surface area contributed by atoms with Gasteiger partial charge in [-0.2, -0.15) is 0 Å². The van der Waals surface area contributed by atoms with Gasteiger partial charge in [-0.1, -0.05) is 32.4 Å². The van der Waals surface area contributed by atoms with Gasteiger partial charge in [-0.15, -0.1) is 0 Å². The van der Waals surface area contributed by atoms with Crippen molar-refractivity contribution in [3.63, 3.8) is 0 Å². The number of benzene rings is 1. The predicted molar refractivity (Wildman–Crippen MR) is 89.8 cm³/mol. The molecule has 1 aromatic carbocycles. The van der Waals surface area contributed by atoms with Crippen LogP contribution in [0, 0.1) is 5.92 Å². The number of alkyl carbamates (subject to hydrolysis) is 1. The molecule has 128 valence electrons. The number of hydrogen-bond acceptors (Lipinski definition) is 4. The van der Waals surface area contributed by atoms with E-state index in [-0.39, 0.29) is 18.6 Å². The molecule has 0 aliphatic rings. The third-order valence-electron chi connectivity index (χ3n) is 2.87. The van der Waals surface area contributed by atoms with Gasteiger partial charge in [0.25, 0.3) is 0 Å². The quantitative estimate of drug-likeness (QED) is 0.783. The molecule has 1 aromatic rings. The van der Waals surface area contributed by atoms with Crippen LogP contribution < -0.4 is 10.6 Å². The summed E-state index contributed by atoms with van der Waals surface area (Å²) in [4.78, 5) is 23.3. The monoisotopic (exact) mass is 342 g/mol. The first-order valence-corrected chi connectivity index (χ1v) is 7.91. The van der Waals surface area contributed by atoms with Crippen molar-refractivity contribution in [2.45, 2.75) is 33.2 Å². The summed E-state index contributed by atoms with van der Waals surface area (Å²) in [5.41, 5.74) is 0.580. The summed E-state index contributed by atoms with van der Waals surface area (Å²) in [6.07, 6.45) is -0.485. The average Bonchev–Trinajstić information content (AvgIpc) is 2.51. The summed E-state index contributed by atoms with van der Waals surface area (Å²) in [5, 5.41) is 5.83. The molecule has 0 aliphatic heterocycles. The Morgan fingerprint density at radius 1 is 1.09 bits per heavy atom. The third kappa shape index (κ3) is 8.30. The fraction of sp³-hybridized carbons (Fsp3) is 0.500. The number of rotatable bonds is 7. The number of amides is 2. The molecular formula is C16H23ClN2O4. The van der Waals surface area contributed by atoms with Crippen molar-refractivity contribution in [2.75, 3.05) is 18.5 Å². The van der Waals surface area contributed by atoms with Gasteiger partial charge in [0, 0.05) is 10.7 Å². The topological polar surface area (TPSA) is 76.7 Å². The highest BCUT2D eigenvalue weighted by Crippen LogP contribution is 2.13. The van der Waals surface area contributed by atoms with E-state index in [0.29, 0.717) is 23.7 Å². The molecule has 0 unspecified atom stereocenters. The van der Waals surface area contributed by atoms with E-state index in [9.17, 15) is 9.59 Å². The zero-order chi connectivity index (χ0) is 17.2. The standard InChI is InChI=1S/C16H23ClN2O4/c1-4-13(18-15(20)22-9-11(2)3)10-23-16(21)19-14-7-5-12(17)6-8-14/h5-8,11,13H,4,9-10H2,1-3H3,(H,18,20)(H,19,21)/t13-/m0/s1. The zero-order valence-corrected chi connectivity index (χ0v) is 14.4. The number of anilines is 1. The maximum Gasteiger partial charge on any atom is 0.411 e. The number of hydrogen-bond donors (Lipinski definition) is 2. The number of carbonyl (C=O) groups is 2. The lowest BCUT2D eigenvalue weighted by atomic mass is 10.2. The van der Waals surface area contributed by atoms with Gasteiger partial charge in [0.2, 0.25) is 0 Å². The largest absolute Gasteiger partial charge is 0.449 e. The fourth-order valence-corrected chi connectivity index (χ4v) is 1.70. The summed E-state index contributed by atoms with van der Waals surface area (Å²) < 4.78 is 10.1. The Kier molecular flexibility index (Phi) is 8.26. The molecule has 23 heavy (non-hydrogen) atoms. The Hall–Kier alpha value is -1.95. The van der Waals surface area contributed by atoms with E-state index in [1.165, 1.54) is 0 Å². The second-order valence-corrected chi connectivity index (χ2v) is 5.91. The van der Waals surface area contributed by atoms with E-state index >= 15 is 0 Å². The van der Waals surface area contributed by atoms with Crippen molar-refractivity contribution in [1.29, 1.82) is 0 Å². The van der Waals surface area contributed by atoms with E-state index in [1.807, 2.05) is 20.8 Å². The van der Waals surface area contributed by atoms with Crippen LogP contribution in [0.4, 0.5) is 15.3 Å². The summed E-state index contributed by atoms with van der Waals surface area (Å²) in [6.45, 7) is 6.20. The van der Waals surface area contributed by atoms with Crippen LogP contribution in [-0.4, -0.2) is 31.4 Å². The molecule has 0 fully saturated rings. The highest BCUT2D eigenvalue weighted by molar-refractivity contribution is 6.30. The van der Waals surface area contributed by atoms with Gasteiger partial charge in [-0.3, -0.25) is 5.32 Å². The van der Waals surface area contributed by atoms with Crippen LogP contribution in [0.5, 0.6) is 0 Å². The van der Waals surface area contributed by atoms with Crippen molar-refractivity contribution in [3.05, 3.63) is 29.3 Å².